The lowest BCUT2D eigenvalue weighted by atomic mass is 10.2. The van der Waals surface area contributed by atoms with Gasteiger partial charge < -0.3 is 10.2 Å². The van der Waals surface area contributed by atoms with E-state index < -0.39 is 12.5 Å². The first-order chi connectivity index (χ1) is 4.96. The Morgan fingerprint density at radius 1 is 1.00 bits per heavy atom. The number of aliphatic hydroxyl groups is 2. The van der Waals surface area contributed by atoms with Crippen molar-refractivity contribution in [3.63, 3.8) is 0 Å². The van der Waals surface area contributed by atoms with E-state index in [9.17, 15) is 10.2 Å². The van der Waals surface area contributed by atoms with Crippen molar-refractivity contribution < 1.29 is 14.7 Å². The molecular formula is C8H20NO2+. The van der Waals surface area contributed by atoms with Crippen LogP contribution in [-0.2, 0) is 0 Å². The SMILES string of the molecule is CCC(O)[N+](C)(C)C(O)CC. The Labute approximate surface area is 68.9 Å². The number of hydrogen-bond donors (Lipinski definition) is 2. The summed E-state index contributed by atoms with van der Waals surface area (Å²) in [5, 5.41) is 19.0. The Hall–Kier alpha value is -0.120. The number of aliphatic hydroxyl groups excluding tert-OH is 2. The van der Waals surface area contributed by atoms with Gasteiger partial charge in [-0.15, -0.1) is 0 Å². The van der Waals surface area contributed by atoms with Crippen LogP contribution in [-0.4, -0.2) is 41.2 Å². The lowest BCUT2D eigenvalue weighted by Crippen LogP contribution is -2.55. The van der Waals surface area contributed by atoms with Crippen molar-refractivity contribution >= 4 is 0 Å². The van der Waals surface area contributed by atoms with Crippen LogP contribution in [0.5, 0.6) is 0 Å². The van der Waals surface area contributed by atoms with E-state index in [0.717, 1.165) is 0 Å². The van der Waals surface area contributed by atoms with Gasteiger partial charge in [-0.25, -0.2) is 0 Å². The molecule has 0 aromatic carbocycles. The van der Waals surface area contributed by atoms with Crippen molar-refractivity contribution in [3.05, 3.63) is 0 Å². The van der Waals surface area contributed by atoms with E-state index >= 15 is 0 Å². The molecule has 0 heterocycles. The molecule has 0 saturated heterocycles. The van der Waals surface area contributed by atoms with Crippen molar-refractivity contribution in [2.75, 3.05) is 14.1 Å². The van der Waals surface area contributed by atoms with Gasteiger partial charge in [0.25, 0.3) is 0 Å². The monoisotopic (exact) mass is 162 g/mol. The first-order valence-corrected chi connectivity index (χ1v) is 4.16. The fourth-order valence-corrected chi connectivity index (χ4v) is 1.14. The fraction of sp³-hybridized carbons (Fsp3) is 1.00. The molecule has 0 aromatic rings. The van der Waals surface area contributed by atoms with Gasteiger partial charge in [-0.2, -0.15) is 0 Å². The Morgan fingerprint density at radius 2 is 1.27 bits per heavy atom. The van der Waals surface area contributed by atoms with Crippen LogP contribution in [0.25, 0.3) is 0 Å². The zero-order chi connectivity index (χ0) is 9.07. The standard InChI is InChI=1S/C8H20NO2/c1-5-7(10)9(3,4)8(11)6-2/h7-8,10-11H,5-6H2,1-4H3/q+1. The van der Waals surface area contributed by atoms with E-state index in [2.05, 4.69) is 0 Å². The van der Waals surface area contributed by atoms with E-state index in [0.29, 0.717) is 12.8 Å². The summed E-state index contributed by atoms with van der Waals surface area (Å²) < 4.78 is 0.271. The normalized spacial score (nSPS) is 18.0. The third-order valence-electron chi connectivity index (χ3n) is 2.27. The van der Waals surface area contributed by atoms with Crippen LogP contribution in [0, 0.1) is 0 Å². The van der Waals surface area contributed by atoms with E-state index in [1.165, 1.54) is 0 Å². The van der Waals surface area contributed by atoms with Crippen molar-refractivity contribution in [1.82, 2.24) is 0 Å². The molecule has 2 N–H and O–H groups in total. The van der Waals surface area contributed by atoms with Gasteiger partial charge in [0.05, 0.1) is 14.1 Å². The predicted molar refractivity (Wildman–Crippen MR) is 44.7 cm³/mol. The highest BCUT2D eigenvalue weighted by atomic mass is 16.3. The Kier molecular flexibility index (Phi) is 4.00. The van der Waals surface area contributed by atoms with Gasteiger partial charge in [0.2, 0.25) is 0 Å². The van der Waals surface area contributed by atoms with Crippen LogP contribution in [0.3, 0.4) is 0 Å². The number of rotatable bonds is 4. The highest BCUT2D eigenvalue weighted by molar-refractivity contribution is 4.42. The Balaban J connectivity index is 4.18. The van der Waals surface area contributed by atoms with Gasteiger partial charge in [0.15, 0.2) is 12.5 Å². The highest BCUT2D eigenvalue weighted by Crippen LogP contribution is 2.13. The molecule has 0 spiro atoms. The molecule has 2 atom stereocenters. The van der Waals surface area contributed by atoms with Crippen LogP contribution in [0.15, 0.2) is 0 Å². The maximum atomic E-state index is 9.50. The van der Waals surface area contributed by atoms with E-state index in [1.54, 1.807) is 0 Å². The Morgan fingerprint density at radius 3 is 1.45 bits per heavy atom. The third kappa shape index (κ3) is 2.43. The average Bonchev–Trinajstić information content (AvgIpc) is 2.01. The second-order valence-electron chi connectivity index (χ2n) is 3.41. The minimum Gasteiger partial charge on any atom is -0.345 e. The quantitative estimate of drug-likeness (QED) is 0.467. The highest BCUT2D eigenvalue weighted by Gasteiger charge is 2.30. The van der Waals surface area contributed by atoms with Crippen molar-refractivity contribution in [2.45, 2.75) is 39.1 Å². The zero-order valence-electron chi connectivity index (χ0n) is 7.91. The summed E-state index contributed by atoms with van der Waals surface area (Å²) in [7, 11) is 3.67. The van der Waals surface area contributed by atoms with Crippen molar-refractivity contribution in [3.8, 4) is 0 Å². The summed E-state index contributed by atoms with van der Waals surface area (Å²) in [5.41, 5.74) is 0. The molecule has 0 bridgehead atoms. The maximum absolute atomic E-state index is 9.50. The lowest BCUT2D eigenvalue weighted by Gasteiger charge is -2.37. The number of quaternary nitrogens is 1. The minimum absolute atomic E-state index is 0.271. The summed E-state index contributed by atoms with van der Waals surface area (Å²) >= 11 is 0. The molecule has 0 aromatic heterocycles. The number of nitrogens with zero attached hydrogens (tertiary/aromatic N) is 1. The molecule has 11 heavy (non-hydrogen) atoms. The molecular weight excluding hydrogens is 142 g/mol. The molecule has 0 aliphatic carbocycles. The number of hydrogen-bond acceptors (Lipinski definition) is 2. The molecule has 0 radical (unpaired) electrons. The summed E-state index contributed by atoms with van der Waals surface area (Å²) in [6.45, 7) is 3.82. The van der Waals surface area contributed by atoms with Crippen LogP contribution < -0.4 is 0 Å². The van der Waals surface area contributed by atoms with Gasteiger partial charge in [-0.1, -0.05) is 13.8 Å². The largest absolute Gasteiger partial charge is 0.345 e. The van der Waals surface area contributed by atoms with E-state index in [-0.39, 0.29) is 4.48 Å². The first kappa shape index (κ1) is 10.9. The zero-order valence-corrected chi connectivity index (χ0v) is 7.91. The summed E-state index contributed by atoms with van der Waals surface area (Å²) in [6, 6.07) is 0. The van der Waals surface area contributed by atoms with Crippen LogP contribution in [0.4, 0.5) is 0 Å². The summed E-state index contributed by atoms with van der Waals surface area (Å²) in [6.07, 6.45) is 0.406. The molecule has 3 heteroatoms. The topological polar surface area (TPSA) is 40.5 Å². The maximum Gasteiger partial charge on any atom is 0.191 e. The summed E-state index contributed by atoms with van der Waals surface area (Å²) in [5.74, 6) is 0. The van der Waals surface area contributed by atoms with Crippen LogP contribution >= 0.6 is 0 Å². The first-order valence-electron chi connectivity index (χ1n) is 4.16. The van der Waals surface area contributed by atoms with Crippen LogP contribution in [0.1, 0.15) is 26.7 Å². The van der Waals surface area contributed by atoms with E-state index in [1.807, 2.05) is 27.9 Å². The van der Waals surface area contributed by atoms with Gasteiger partial charge in [0.1, 0.15) is 0 Å². The Bertz CT molecular complexity index is 103. The smallest absolute Gasteiger partial charge is 0.191 e. The lowest BCUT2D eigenvalue weighted by molar-refractivity contribution is -0.978. The second kappa shape index (κ2) is 4.04. The molecule has 68 valence electrons. The molecule has 3 nitrogen and oxygen atoms in total. The summed E-state index contributed by atoms with van der Waals surface area (Å²) in [4.78, 5) is 0. The van der Waals surface area contributed by atoms with Crippen molar-refractivity contribution in [2.24, 2.45) is 0 Å². The fourth-order valence-electron chi connectivity index (χ4n) is 1.14. The van der Waals surface area contributed by atoms with Gasteiger partial charge in [-0.05, 0) is 0 Å². The van der Waals surface area contributed by atoms with Gasteiger partial charge in [-0.3, -0.25) is 4.48 Å². The molecule has 0 amide bonds. The molecule has 2 unspecified atom stereocenters. The predicted octanol–water partition coefficient (Wildman–Crippen LogP) is 0.520. The molecule has 0 aliphatic rings. The minimum atomic E-state index is -0.468. The molecule has 0 fully saturated rings. The van der Waals surface area contributed by atoms with Crippen molar-refractivity contribution in [1.29, 1.82) is 0 Å². The van der Waals surface area contributed by atoms with E-state index in [4.69, 9.17) is 0 Å². The molecule has 0 saturated carbocycles. The third-order valence-corrected chi connectivity index (χ3v) is 2.27. The van der Waals surface area contributed by atoms with Gasteiger partial charge >= 0.3 is 0 Å². The van der Waals surface area contributed by atoms with Gasteiger partial charge in [0, 0.05) is 12.8 Å². The second-order valence-corrected chi connectivity index (χ2v) is 3.41. The molecule has 0 aliphatic heterocycles. The van der Waals surface area contributed by atoms with Crippen LogP contribution in [0.2, 0.25) is 0 Å². The average molecular weight is 162 g/mol. The molecule has 0 rings (SSSR count).